The van der Waals surface area contributed by atoms with Crippen molar-refractivity contribution in [1.29, 1.82) is 0 Å². The predicted molar refractivity (Wildman–Crippen MR) is 176 cm³/mol. The molecular weight excluding hydrogens is 600 g/mol. The molecule has 2 aromatic heterocycles. The van der Waals surface area contributed by atoms with Crippen LogP contribution in [0.3, 0.4) is 0 Å². The fraction of sp³-hybridized carbons (Fsp3) is 0.0789. The van der Waals surface area contributed by atoms with Crippen LogP contribution in [0.4, 0.5) is 0 Å². The molecule has 2 heterocycles. The van der Waals surface area contributed by atoms with Gasteiger partial charge in [-0.15, -0.1) is 0 Å². The SMILES string of the molecule is COC(=O)c1cc(Br)ccc1-c1cc(-c2cccc3c4c(oc23)=CCCC=4)cc(-c2cccc3c2oc2ccccc23)c1. The van der Waals surface area contributed by atoms with Crippen LogP contribution < -0.4 is 10.6 Å². The number of esters is 1. The summed E-state index contributed by atoms with van der Waals surface area (Å²) in [6.45, 7) is 0. The molecule has 0 saturated heterocycles. The highest BCUT2D eigenvalue weighted by Crippen LogP contribution is 2.41. The summed E-state index contributed by atoms with van der Waals surface area (Å²) in [5.74, 6) is -0.394. The molecule has 0 amide bonds. The normalized spacial score (nSPS) is 12.7. The molecule has 43 heavy (non-hydrogen) atoms. The minimum absolute atomic E-state index is 0.394. The van der Waals surface area contributed by atoms with Gasteiger partial charge in [-0.1, -0.05) is 82.7 Å². The number of furan rings is 2. The fourth-order valence-corrected chi connectivity index (χ4v) is 6.67. The van der Waals surface area contributed by atoms with E-state index in [9.17, 15) is 4.79 Å². The molecule has 0 radical (unpaired) electrons. The average Bonchev–Trinajstić information content (AvgIpc) is 3.62. The number of ether oxygens (including phenoxy) is 1. The molecule has 8 rings (SSSR count). The summed E-state index contributed by atoms with van der Waals surface area (Å²) in [6.07, 6.45) is 6.42. The molecule has 0 aliphatic heterocycles. The van der Waals surface area contributed by atoms with Crippen molar-refractivity contribution in [2.45, 2.75) is 12.8 Å². The summed E-state index contributed by atoms with van der Waals surface area (Å²) < 4.78 is 18.9. The summed E-state index contributed by atoms with van der Waals surface area (Å²) in [5.41, 5.74) is 9.53. The van der Waals surface area contributed by atoms with E-state index in [1.165, 1.54) is 7.11 Å². The standard InChI is InChI=1S/C38H25BrO4/c1-41-38(40)33-21-25(39)16-17-26(33)22-18-23(27-10-6-12-31-29-8-2-4-14-34(29)42-36(27)31)20-24(19-22)28-11-7-13-32-30-9-3-5-15-35(30)43-37(28)32/h2,4,6-21H,3,5H2,1H3. The topological polar surface area (TPSA) is 52.6 Å². The number of para-hydroxylation sites is 3. The van der Waals surface area contributed by atoms with Crippen molar-refractivity contribution in [2.24, 2.45) is 0 Å². The van der Waals surface area contributed by atoms with Crippen molar-refractivity contribution in [1.82, 2.24) is 0 Å². The highest BCUT2D eigenvalue weighted by molar-refractivity contribution is 9.10. The third-order valence-electron chi connectivity index (χ3n) is 8.28. The number of carbonyl (C=O) groups excluding carboxylic acids is 1. The number of rotatable bonds is 4. The van der Waals surface area contributed by atoms with E-state index in [1.807, 2.05) is 30.3 Å². The third kappa shape index (κ3) is 4.23. The van der Waals surface area contributed by atoms with Crippen molar-refractivity contribution in [3.8, 4) is 33.4 Å². The largest absolute Gasteiger partial charge is 0.465 e. The number of hydrogen-bond acceptors (Lipinski definition) is 4. The van der Waals surface area contributed by atoms with Crippen molar-refractivity contribution in [2.75, 3.05) is 7.11 Å². The van der Waals surface area contributed by atoms with Crippen LogP contribution in [0.5, 0.6) is 0 Å². The van der Waals surface area contributed by atoms with E-state index in [1.54, 1.807) is 6.07 Å². The molecule has 4 nitrogen and oxygen atoms in total. The van der Waals surface area contributed by atoms with Gasteiger partial charge in [0.2, 0.25) is 0 Å². The molecule has 0 bridgehead atoms. The van der Waals surface area contributed by atoms with Gasteiger partial charge in [-0.05, 0) is 77.6 Å². The van der Waals surface area contributed by atoms with Crippen molar-refractivity contribution in [3.05, 3.63) is 118 Å². The third-order valence-corrected chi connectivity index (χ3v) is 8.78. The molecule has 7 aromatic rings. The lowest BCUT2D eigenvalue weighted by atomic mass is 9.90. The van der Waals surface area contributed by atoms with Gasteiger partial charge in [0.05, 0.1) is 12.7 Å². The molecule has 0 spiro atoms. The first-order valence-corrected chi connectivity index (χ1v) is 15.0. The van der Waals surface area contributed by atoms with Crippen molar-refractivity contribution in [3.63, 3.8) is 0 Å². The first-order valence-electron chi connectivity index (χ1n) is 14.3. The average molecular weight is 626 g/mol. The van der Waals surface area contributed by atoms with Crippen LogP contribution in [-0.4, -0.2) is 13.1 Å². The molecule has 5 aromatic carbocycles. The number of hydrogen-bond donors (Lipinski definition) is 0. The van der Waals surface area contributed by atoms with E-state index in [4.69, 9.17) is 13.6 Å². The van der Waals surface area contributed by atoms with Crippen molar-refractivity contribution >= 4 is 67.0 Å². The maximum atomic E-state index is 13.0. The van der Waals surface area contributed by atoms with E-state index in [0.717, 1.165) is 94.2 Å². The van der Waals surface area contributed by atoms with E-state index in [-0.39, 0.29) is 0 Å². The molecule has 1 aliphatic carbocycles. The Hall–Kier alpha value is -4.87. The molecule has 5 heteroatoms. The van der Waals surface area contributed by atoms with Crippen LogP contribution >= 0.6 is 15.9 Å². The van der Waals surface area contributed by atoms with E-state index >= 15 is 0 Å². The molecular formula is C38H25BrO4. The minimum atomic E-state index is -0.394. The minimum Gasteiger partial charge on any atom is -0.465 e. The number of benzene rings is 5. The van der Waals surface area contributed by atoms with Crippen molar-refractivity contribution < 1.29 is 18.4 Å². The van der Waals surface area contributed by atoms with Crippen LogP contribution in [-0.2, 0) is 4.74 Å². The Morgan fingerprint density at radius 3 is 2.09 bits per heavy atom. The first-order chi connectivity index (χ1) is 21.1. The quantitative estimate of drug-likeness (QED) is 0.183. The molecule has 0 unspecified atom stereocenters. The second-order valence-electron chi connectivity index (χ2n) is 10.8. The van der Waals surface area contributed by atoms with E-state index in [2.05, 4.69) is 88.7 Å². The maximum absolute atomic E-state index is 13.0. The highest BCUT2D eigenvalue weighted by atomic mass is 79.9. The smallest absolute Gasteiger partial charge is 0.338 e. The summed E-state index contributed by atoms with van der Waals surface area (Å²) in [6, 6.07) is 32.8. The zero-order valence-electron chi connectivity index (χ0n) is 23.3. The maximum Gasteiger partial charge on any atom is 0.338 e. The molecule has 0 atom stereocenters. The van der Waals surface area contributed by atoms with Gasteiger partial charge >= 0.3 is 5.97 Å². The zero-order chi connectivity index (χ0) is 29.1. The summed E-state index contributed by atoms with van der Waals surface area (Å²) in [7, 11) is 1.41. The molecule has 1 aliphatic rings. The predicted octanol–water partition coefficient (Wildman–Crippen LogP) is 9.24. The molecule has 0 saturated carbocycles. The van der Waals surface area contributed by atoms with Gasteiger partial charge in [0.1, 0.15) is 22.2 Å². The van der Waals surface area contributed by atoms with Gasteiger partial charge in [-0.3, -0.25) is 0 Å². The van der Waals surface area contributed by atoms with Gasteiger partial charge < -0.3 is 13.6 Å². The van der Waals surface area contributed by atoms with Gasteiger partial charge in [-0.2, -0.15) is 0 Å². The van der Waals surface area contributed by atoms with Crippen LogP contribution in [0.25, 0.3) is 78.4 Å². The number of fused-ring (bicyclic) bond motifs is 6. The van der Waals surface area contributed by atoms with Gasteiger partial charge in [0.15, 0.2) is 0 Å². The van der Waals surface area contributed by atoms with Gasteiger partial charge in [0.25, 0.3) is 0 Å². The summed E-state index contributed by atoms with van der Waals surface area (Å²) in [4.78, 5) is 13.0. The number of halogens is 1. The lowest BCUT2D eigenvalue weighted by molar-refractivity contribution is 0.0601. The Bertz CT molecular complexity index is 2370. The Labute approximate surface area is 255 Å². The zero-order valence-corrected chi connectivity index (χ0v) is 24.9. The molecule has 208 valence electrons. The number of carbonyl (C=O) groups is 1. The Kier molecular flexibility index (Phi) is 6.09. The monoisotopic (exact) mass is 624 g/mol. The second-order valence-corrected chi connectivity index (χ2v) is 11.7. The Morgan fingerprint density at radius 1 is 0.674 bits per heavy atom. The van der Waals surface area contributed by atoms with Gasteiger partial charge in [-0.25, -0.2) is 4.79 Å². The first kappa shape index (κ1) is 25.8. The fourth-order valence-electron chi connectivity index (χ4n) is 6.30. The number of methoxy groups -OCH3 is 1. The van der Waals surface area contributed by atoms with Gasteiger partial charge in [0, 0.05) is 37.0 Å². The van der Waals surface area contributed by atoms with Crippen LogP contribution in [0, 0.1) is 0 Å². The summed E-state index contributed by atoms with van der Waals surface area (Å²) >= 11 is 3.53. The molecule has 0 fully saturated rings. The Balaban J connectivity index is 1.44. The lowest BCUT2D eigenvalue weighted by Crippen LogP contribution is -2.21. The van der Waals surface area contributed by atoms with Crippen LogP contribution in [0.2, 0.25) is 0 Å². The lowest BCUT2D eigenvalue weighted by Gasteiger charge is -2.14. The summed E-state index contributed by atoms with van der Waals surface area (Å²) in [5, 5.41) is 4.40. The van der Waals surface area contributed by atoms with E-state index < -0.39 is 5.97 Å². The second kappa shape index (κ2) is 10.1. The van der Waals surface area contributed by atoms with Crippen LogP contribution in [0.1, 0.15) is 23.2 Å². The molecule has 0 N–H and O–H groups in total. The Morgan fingerprint density at radius 2 is 1.33 bits per heavy atom. The highest BCUT2D eigenvalue weighted by Gasteiger charge is 2.20. The van der Waals surface area contributed by atoms with Crippen LogP contribution in [0.15, 0.2) is 110 Å². The van der Waals surface area contributed by atoms with E-state index in [0.29, 0.717) is 5.56 Å².